The number of benzene rings is 4. The van der Waals surface area contributed by atoms with Crippen molar-refractivity contribution in [3.05, 3.63) is 153 Å². The Bertz CT molecular complexity index is 3240. The van der Waals surface area contributed by atoms with Crippen molar-refractivity contribution in [3.8, 4) is 56.0 Å². The number of ketones is 2. The molecule has 4 aromatic carbocycles. The smallest absolute Gasteiger partial charge is 0.129 e. The van der Waals surface area contributed by atoms with Crippen molar-refractivity contribution < 1.29 is 19.1 Å². The first kappa shape index (κ1) is 49.4. The molecule has 0 saturated carbocycles. The lowest BCUT2D eigenvalue weighted by Crippen LogP contribution is -1.98. The molecule has 0 saturated heterocycles. The Morgan fingerprint density at radius 2 is 0.778 bits per heavy atom. The summed E-state index contributed by atoms with van der Waals surface area (Å²) in [4.78, 5) is 42.1. The van der Waals surface area contributed by atoms with Gasteiger partial charge >= 0.3 is 0 Å². The number of nitrogens with one attached hydrogen (secondary N) is 2. The Balaban J connectivity index is 1.31. The van der Waals surface area contributed by atoms with Gasteiger partial charge in [-0.3, -0.25) is 0 Å². The van der Waals surface area contributed by atoms with E-state index >= 15 is 0 Å². The standard InChI is InChI=1S/C64H66N4O4/c1-39-33-41(3)59(42(4)34-39)63-55-27-23-51(65-55)61(47-19-15-21-49(37-47)71-31-13-9-11-17-45(7)69)53-25-29-57(67-53)64(60-43(5)35-40(2)36-44(60)6)58-30-26-54(68-58)62(52-24-28-56(63)66-52)48-20-16-22-50(38-48)72-32-14-10-12-18-46(8)70/h15-16,19-30,33-38,65-66H,9-14,17-18,31-32H2,1-8H3. The van der Waals surface area contributed by atoms with Crippen LogP contribution >= 0.6 is 0 Å². The van der Waals surface area contributed by atoms with E-state index in [9.17, 15) is 9.59 Å². The van der Waals surface area contributed by atoms with Crippen LogP contribution < -0.4 is 9.47 Å². The summed E-state index contributed by atoms with van der Waals surface area (Å²) in [6, 6.07) is 34.4. The highest BCUT2D eigenvalue weighted by atomic mass is 16.5. The molecule has 72 heavy (non-hydrogen) atoms. The number of unbranched alkanes of at least 4 members (excludes halogenated alkanes) is 4. The fourth-order valence-electron chi connectivity index (χ4n) is 10.7. The average Bonchev–Trinajstić information content (AvgIpc) is 4.19. The van der Waals surface area contributed by atoms with Crippen molar-refractivity contribution in [2.24, 2.45) is 0 Å². The van der Waals surface area contributed by atoms with Crippen LogP contribution in [0.25, 0.3) is 90.9 Å². The molecule has 8 heteroatoms. The number of aryl methyl sites for hydroxylation is 6. The number of ether oxygens (including phenoxy) is 2. The van der Waals surface area contributed by atoms with Crippen molar-refractivity contribution in [2.75, 3.05) is 13.2 Å². The summed E-state index contributed by atoms with van der Waals surface area (Å²) in [6.07, 6.45) is 15.1. The van der Waals surface area contributed by atoms with Gasteiger partial charge in [0.05, 0.1) is 36.0 Å². The predicted octanol–water partition coefficient (Wildman–Crippen LogP) is 16.2. The van der Waals surface area contributed by atoms with Gasteiger partial charge in [-0.15, -0.1) is 0 Å². The van der Waals surface area contributed by atoms with E-state index in [4.69, 9.17) is 19.4 Å². The maximum absolute atomic E-state index is 11.5. The quantitative estimate of drug-likeness (QED) is 0.0829. The number of rotatable bonds is 18. The molecule has 2 aliphatic rings. The molecule has 0 aliphatic carbocycles. The molecule has 7 aromatic rings. The number of hydrogen-bond acceptors (Lipinski definition) is 6. The van der Waals surface area contributed by atoms with Gasteiger partial charge < -0.3 is 29.0 Å². The fourth-order valence-corrected chi connectivity index (χ4v) is 10.7. The zero-order chi connectivity index (χ0) is 50.5. The third-order valence-corrected chi connectivity index (χ3v) is 13.7. The molecule has 0 amide bonds. The second-order valence-electron chi connectivity index (χ2n) is 19.8. The lowest BCUT2D eigenvalue weighted by molar-refractivity contribution is -0.118. The van der Waals surface area contributed by atoms with Crippen LogP contribution in [0.4, 0.5) is 0 Å². The number of aromatic amines is 2. The Kier molecular flexibility index (Phi) is 15.0. The first-order chi connectivity index (χ1) is 34.8. The van der Waals surface area contributed by atoms with Gasteiger partial charge in [0.25, 0.3) is 0 Å². The van der Waals surface area contributed by atoms with E-state index in [0.717, 1.165) is 151 Å². The van der Waals surface area contributed by atoms with Crippen molar-refractivity contribution in [3.63, 3.8) is 0 Å². The molecule has 2 aliphatic heterocycles. The number of nitrogens with zero attached hydrogens (tertiary/aromatic N) is 2. The van der Waals surface area contributed by atoms with Crippen molar-refractivity contribution in [1.82, 2.24) is 19.9 Å². The number of H-pyrrole nitrogens is 2. The topological polar surface area (TPSA) is 110 Å². The van der Waals surface area contributed by atoms with Crippen LogP contribution in [0.2, 0.25) is 0 Å². The Labute approximate surface area is 424 Å². The number of fused-ring (bicyclic) bond motifs is 8. The molecule has 8 nitrogen and oxygen atoms in total. The maximum atomic E-state index is 11.5. The van der Waals surface area contributed by atoms with E-state index in [2.05, 4.69) is 161 Å². The van der Waals surface area contributed by atoms with Crippen molar-refractivity contribution in [1.29, 1.82) is 0 Å². The molecule has 8 bridgehead atoms. The van der Waals surface area contributed by atoms with Crippen molar-refractivity contribution >= 4 is 57.9 Å². The summed E-state index contributed by atoms with van der Waals surface area (Å²) in [5.41, 5.74) is 22.4. The third kappa shape index (κ3) is 11.0. The maximum Gasteiger partial charge on any atom is 0.129 e. The summed E-state index contributed by atoms with van der Waals surface area (Å²) in [7, 11) is 0. The van der Waals surface area contributed by atoms with E-state index < -0.39 is 0 Å². The lowest BCUT2D eigenvalue weighted by atomic mass is 9.92. The van der Waals surface area contributed by atoms with Gasteiger partial charge in [0.15, 0.2) is 0 Å². The minimum atomic E-state index is 0.227. The van der Waals surface area contributed by atoms with Gasteiger partial charge in [0.1, 0.15) is 23.1 Å². The molecule has 0 fully saturated rings. The SMILES string of the molecule is CC(=O)CCCCCOc1cccc(-c2c3nc(c(-c4c(C)cc(C)cc4C)c4nc(c(-c5cccc(OCCCCCC(C)=O)c5)c5ccc([nH]5)c(-c5c(C)cc(C)cc5C)c5ccc2[nH]5)C=C4)C=C3)c1. The first-order valence-electron chi connectivity index (χ1n) is 25.6. The van der Waals surface area contributed by atoms with E-state index in [1.165, 1.54) is 22.3 Å². The van der Waals surface area contributed by atoms with Gasteiger partial charge in [-0.05, 0) is 211 Å². The molecule has 9 rings (SSSR count). The van der Waals surface area contributed by atoms with Crippen LogP contribution in [-0.4, -0.2) is 44.7 Å². The van der Waals surface area contributed by atoms with Crippen LogP contribution in [0.1, 0.15) is 121 Å². The van der Waals surface area contributed by atoms with Crippen LogP contribution in [0.5, 0.6) is 11.5 Å². The highest BCUT2D eigenvalue weighted by Gasteiger charge is 2.22. The molecule has 0 radical (unpaired) electrons. The Hall–Kier alpha value is -7.58. The average molecular weight is 955 g/mol. The molecule has 366 valence electrons. The molecule has 0 unspecified atom stereocenters. The highest BCUT2D eigenvalue weighted by molar-refractivity contribution is 6.01. The number of carbonyl (C=O) groups excluding carboxylic acids is 2. The Morgan fingerprint density at radius 1 is 0.417 bits per heavy atom. The van der Waals surface area contributed by atoms with Crippen LogP contribution in [0.15, 0.2) is 97.1 Å². The molecule has 0 spiro atoms. The zero-order valence-corrected chi connectivity index (χ0v) is 43.1. The summed E-state index contributed by atoms with van der Waals surface area (Å²) in [5, 5.41) is 0. The summed E-state index contributed by atoms with van der Waals surface area (Å²) < 4.78 is 12.8. The highest BCUT2D eigenvalue weighted by Crippen LogP contribution is 2.42. The van der Waals surface area contributed by atoms with Crippen molar-refractivity contribution in [2.45, 2.75) is 107 Å². The van der Waals surface area contributed by atoms with Crippen LogP contribution in [0.3, 0.4) is 0 Å². The van der Waals surface area contributed by atoms with Gasteiger partial charge in [0.2, 0.25) is 0 Å². The molecule has 0 atom stereocenters. The van der Waals surface area contributed by atoms with Crippen LogP contribution in [0, 0.1) is 41.5 Å². The number of aromatic nitrogens is 4. The molecule has 2 N–H and O–H groups in total. The van der Waals surface area contributed by atoms with Gasteiger partial charge in [0, 0.05) is 57.2 Å². The minimum Gasteiger partial charge on any atom is -0.494 e. The molecular formula is C64H66N4O4. The van der Waals surface area contributed by atoms with E-state index in [1.807, 2.05) is 12.1 Å². The van der Waals surface area contributed by atoms with Crippen LogP contribution in [-0.2, 0) is 9.59 Å². The largest absolute Gasteiger partial charge is 0.494 e. The van der Waals surface area contributed by atoms with Gasteiger partial charge in [-0.2, -0.15) is 0 Å². The van der Waals surface area contributed by atoms with Gasteiger partial charge in [-0.25, -0.2) is 9.97 Å². The fraction of sp³-hybridized carbons (Fsp3) is 0.281. The second-order valence-corrected chi connectivity index (χ2v) is 19.8. The molecule has 3 aromatic heterocycles. The van der Waals surface area contributed by atoms with E-state index in [-0.39, 0.29) is 11.6 Å². The normalized spacial score (nSPS) is 11.9. The summed E-state index contributed by atoms with van der Waals surface area (Å²) in [5.74, 6) is 2.02. The monoisotopic (exact) mass is 955 g/mol. The summed E-state index contributed by atoms with van der Waals surface area (Å²) >= 11 is 0. The molecule has 5 heterocycles. The lowest BCUT2D eigenvalue weighted by Gasteiger charge is -2.14. The van der Waals surface area contributed by atoms with E-state index in [1.54, 1.807) is 13.8 Å². The van der Waals surface area contributed by atoms with E-state index in [0.29, 0.717) is 26.1 Å². The molecular weight excluding hydrogens is 889 g/mol. The number of Topliss-reactive ketones (excluding diaryl/α,β-unsaturated/α-hetero) is 2. The summed E-state index contributed by atoms with van der Waals surface area (Å²) in [6.45, 7) is 17.5. The first-order valence-corrected chi connectivity index (χ1v) is 25.6. The third-order valence-electron chi connectivity index (χ3n) is 13.7. The Morgan fingerprint density at radius 3 is 1.17 bits per heavy atom. The number of hydrogen-bond donors (Lipinski definition) is 2. The predicted molar refractivity (Wildman–Crippen MR) is 298 cm³/mol. The minimum absolute atomic E-state index is 0.227. The second kappa shape index (κ2) is 21.8. The van der Waals surface area contributed by atoms with Gasteiger partial charge in [-0.1, -0.05) is 59.7 Å². The zero-order valence-electron chi connectivity index (χ0n) is 43.1. The number of carbonyl (C=O) groups is 2.